The third kappa shape index (κ3) is 5.16. The third-order valence-electron chi connectivity index (χ3n) is 6.01. The van der Waals surface area contributed by atoms with Crippen LogP contribution in [0.25, 0.3) is 10.6 Å². The van der Waals surface area contributed by atoms with Crippen LogP contribution < -0.4 is 4.74 Å². The lowest BCUT2D eigenvalue weighted by molar-refractivity contribution is -0.131. The second-order valence-corrected chi connectivity index (χ2v) is 11.1. The molecule has 9 heteroatoms. The maximum absolute atomic E-state index is 13.0. The quantitative estimate of drug-likeness (QED) is 0.493. The number of nitrogens with zero attached hydrogens (tertiary/aromatic N) is 3. The molecule has 1 aliphatic rings. The van der Waals surface area contributed by atoms with Gasteiger partial charge in [0.25, 0.3) is 0 Å². The molecular weight excluding hydrogens is 470 g/mol. The zero-order chi connectivity index (χ0) is 24.3. The Morgan fingerprint density at radius 1 is 1.06 bits per heavy atom. The molecule has 0 atom stereocenters. The molecule has 34 heavy (non-hydrogen) atoms. The van der Waals surface area contributed by atoms with Crippen molar-refractivity contribution in [2.75, 3.05) is 32.8 Å². The molecule has 0 unspecified atom stereocenters. The highest BCUT2D eigenvalue weighted by Gasteiger charge is 2.30. The number of rotatable bonds is 7. The van der Waals surface area contributed by atoms with Crippen LogP contribution in [-0.4, -0.2) is 61.3 Å². The van der Waals surface area contributed by atoms with E-state index in [9.17, 15) is 13.2 Å². The smallest absolute Gasteiger partial charge is 0.243 e. The van der Waals surface area contributed by atoms with Gasteiger partial charge in [-0.15, -0.1) is 11.3 Å². The van der Waals surface area contributed by atoms with Gasteiger partial charge in [0.2, 0.25) is 15.9 Å². The molecule has 0 spiro atoms. The fourth-order valence-corrected chi connectivity index (χ4v) is 6.26. The Kier molecular flexibility index (Phi) is 7.35. The zero-order valence-electron chi connectivity index (χ0n) is 19.7. The molecule has 0 bridgehead atoms. The van der Waals surface area contributed by atoms with Crippen LogP contribution in [0.1, 0.15) is 23.7 Å². The summed E-state index contributed by atoms with van der Waals surface area (Å²) < 4.78 is 33.2. The summed E-state index contributed by atoms with van der Waals surface area (Å²) >= 11 is 1.49. The summed E-state index contributed by atoms with van der Waals surface area (Å²) in [7, 11) is -3.57. The van der Waals surface area contributed by atoms with E-state index in [4.69, 9.17) is 4.74 Å². The largest absolute Gasteiger partial charge is 0.493 e. The molecule has 1 amide bonds. The van der Waals surface area contributed by atoms with Crippen LogP contribution in [0, 0.1) is 13.8 Å². The lowest BCUT2D eigenvalue weighted by Crippen LogP contribution is -2.50. The van der Waals surface area contributed by atoms with E-state index < -0.39 is 10.0 Å². The first-order valence-corrected chi connectivity index (χ1v) is 13.6. The average Bonchev–Trinajstić information content (AvgIpc) is 3.29. The summed E-state index contributed by atoms with van der Waals surface area (Å²) in [6.07, 6.45) is 0.192. The number of hydrogen-bond donors (Lipinski definition) is 0. The van der Waals surface area contributed by atoms with Crippen LogP contribution in [0.5, 0.6) is 5.75 Å². The minimum Gasteiger partial charge on any atom is -0.493 e. The van der Waals surface area contributed by atoms with E-state index in [1.165, 1.54) is 15.6 Å². The number of para-hydroxylation sites is 1. The van der Waals surface area contributed by atoms with Crippen molar-refractivity contribution in [2.24, 2.45) is 0 Å². The van der Waals surface area contributed by atoms with E-state index >= 15 is 0 Å². The van der Waals surface area contributed by atoms with Gasteiger partial charge in [-0.3, -0.25) is 4.79 Å². The summed E-state index contributed by atoms with van der Waals surface area (Å²) in [6, 6.07) is 12.9. The number of ether oxygens (including phenoxy) is 1. The predicted molar refractivity (Wildman–Crippen MR) is 134 cm³/mol. The minimum absolute atomic E-state index is 0.0434. The lowest BCUT2D eigenvalue weighted by Gasteiger charge is -2.34. The number of amides is 1. The summed E-state index contributed by atoms with van der Waals surface area (Å²) in [5.74, 6) is 0.733. The highest BCUT2D eigenvalue weighted by molar-refractivity contribution is 7.89. The van der Waals surface area contributed by atoms with Gasteiger partial charge in [0, 0.05) is 31.6 Å². The monoisotopic (exact) mass is 499 g/mol. The van der Waals surface area contributed by atoms with Crippen molar-refractivity contribution in [3.8, 4) is 16.3 Å². The molecule has 1 aromatic heterocycles. The Bertz CT molecular complexity index is 1280. The molecule has 1 saturated heterocycles. The van der Waals surface area contributed by atoms with Gasteiger partial charge in [-0.25, -0.2) is 13.4 Å². The van der Waals surface area contributed by atoms with Crippen LogP contribution >= 0.6 is 11.3 Å². The number of piperazine rings is 1. The van der Waals surface area contributed by atoms with Crippen molar-refractivity contribution >= 4 is 27.3 Å². The number of sulfonamides is 1. The molecule has 0 aliphatic carbocycles. The number of aryl methyl sites for hydroxylation is 2. The van der Waals surface area contributed by atoms with Crippen molar-refractivity contribution in [1.29, 1.82) is 0 Å². The first-order valence-electron chi connectivity index (χ1n) is 11.3. The zero-order valence-corrected chi connectivity index (χ0v) is 21.3. The molecule has 2 aromatic carbocycles. The lowest BCUT2D eigenvalue weighted by atomic mass is 10.1. The van der Waals surface area contributed by atoms with Crippen molar-refractivity contribution in [3.05, 3.63) is 64.7 Å². The SMILES string of the molecule is CCOc1ccccc1-c1nc(CC(=O)N2CCN(S(=O)(=O)c3ccc(C)c(C)c3)CC2)cs1. The van der Waals surface area contributed by atoms with Gasteiger partial charge < -0.3 is 9.64 Å². The molecule has 0 radical (unpaired) electrons. The second kappa shape index (κ2) is 10.2. The Balaban J connectivity index is 1.38. The van der Waals surface area contributed by atoms with Crippen LogP contribution in [-0.2, 0) is 21.2 Å². The van der Waals surface area contributed by atoms with E-state index in [2.05, 4.69) is 4.98 Å². The highest BCUT2D eigenvalue weighted by atomic mass is 32.2. The molecular formula is C25H29N3O4S2. The first kappa shape index (κ1) is 24.4. The molecule has 180 valence electrons. The van der Waals surface area contributed by atoms with Gasteiger partial charge in [-0.1, -0.05) is 18.2 Å². The van der Waals surface area contributed by atoms with Crippen molar-refractivity contribution < 1.29 is 17.9 Å². The van der Waals surface area contributed by atoms with Gasteiger partial charge in [0.1, 0.15) is 10.8 Å². The Morgan fingerprint density at radius 2 is 1.79 bits per heavy atom. The van der Waals surface area contributed by atoms with Gasteiger partial charge in [-0.2, -0.15) is 4.31 Å². The Hall–Kier alpha value is -2.75. The van der Waals surface area contributed by atoms with Gasteiger partial charge >= 0.3 is 0 Å². The van der Waals surface area contributed by atoms with Crippen LogP contribution in [0.4, 0.5) is 0 Å². The number of benzene rings is 2. The van der Waals surface area contributed by atoms with E-state index in [1.807, 2.05) is 56.5 Å². The maximum Gasteiger partial charge on any atom is 0.243 e. The molecule has 3 aromatic rings. The maximum atomic E-state index is 13.0. The molecule has 7 nitrogen and oxygen atoms in total. The normalized spacial score (nSPS) is 14.9. The summed E-state index contributed by atoms with van der Waals surface area (Å²) in [5.41, 5.74) is 3.63. The fourth-order valence-electron chi connectivity index (χ4n) is 3.90. The van der Waals surface area contributed by atoms with Crippen LogP contribution in [0.3, 0.4) is 0 Å². The highest BCUT2D eigenvalue weighted by Crippen LogP contribution is 2.32. The molecule has 4 rings (SSSR count). The van der Waals surface area contributed by atoms with Crippen molar-refractivity contribution in [1.82, 2.24) is 14.2 Å². The number of hydrogen-bond acceptors (Lipinski definition) is 6. The Morgan fingerprint density at radius 3 is 2.50 bits per heavy atom. The Labute approximate surface area is 205 Å². The van der Waals surface area contributed by atoms with Gasteiger partial charge in [0.15, 0.2) is 0 Å². The summed E-state index contributed by atoms with van der Waals surface area (Å²) in [4.78, 5) is 19.6. The predicted octanol–water partition coefficient (Wildman–Crippen LogP) is 3.90. The molecule has 1 fully saturated rings. The first-order chi connectivity index (χ1) is 16.3. The average molecular weight is 500 g/mol. The summed E-state index contributed by atoms with van der Waals surface area (Å²) in [5, 5.41) is 2.72. The molecule has 2 heterocycles. The fraction of sp³-hybridized carbons (Fsp3) is 0.360. The van der Waals surface area contributed by atoms with Gasteiger partial charge in [-0.05, 0) is 56.2 Å². The van der Waals surface area contributed by atoms with Crippen LogP contribution in [0.15, 0.2) is 52.7 Å². The standard InChI is InChI=1S/C25H29N3O4S2/c1-4-32-23-8-6-5-7-22(23)25-26-20(17-33-25)16-24(29)27-11-13-28(14-12-27)34(30,31)21-10-9-18(2)19(3)15-21/h5-10,15,17H,4,11-14,16H2,1-3H3. The number of carbonyl (C=O) groups excluding carboxylic acids is 1. The number of thiazole rings is 1. The molecule has 1 aliphatic heterocycles. The van der Waals surface area contributed by atoms with Crippen molar-refractivity contribution in [2.45, 2.75) is 32.1 Å². The molecule has 0 N–H and O–H groups in total. The third-order valence-corrected chi connectivity index (χ3v) is 8.83. The molecule has 0 saturated carbocycles. The number of carbonyl (C=O) groups is 1. The minimum atomic E-state index is -3.57. The summed E-state index contributed by atoms with van der Waals surface area (Å²) in [6.45, 7) is 7.67. The van der Waals surface area contributed by atoms with E-state index in [1.54, 1.807) is 17.0 Å². The van der Waals surface area contributed by atoms with Crippen LogP contribution in [0.2, 0.25) is 0 Å². The van der Waals surface area contributed by atoms with Gasteiger partial charge in [0.05, 0.1) is 29.2 Å². The van der Waals surface area contributed by atoms with E-state index in [0.29, 0.717) is 30.3 Å². The second-order valence-electron chi connectivity index (χ2n) is 8.28. The van der Waals surface area contributed by atoms with E-state index in [0.717, 1.165) is 27.4 Å². The topological polar surface area (TPSA) is 79.8 Å². The van der Waals surface area contributed by atoms with Crippen molar-refractivity contribution in [3.63, 3.8) is 0 Å². The number of aromatic nitrogens is 1. The van der Waals surface area contributed by atoms with E-state index in [-0.39, 0.29) is 25.4 Å².